The summed E-state index contributed by atoms with van der Waals surface area (Å²) in [4.78, 5) is 45.0. The van der Waals surface area contributed by atoms with E-state index < -0.39 is 24.1 Å². The maximum absolute atomic E-state index is 11.8. The molecule has 0 aromatic carbocycles. The highest BCUT2D eigenvalue weighted by molar-refractivity contribution is 5.67. The van der Waals surface area contributed by atoms with Crippen LogP contribution in [0, 0.1) is 0 Å². The molecule has 0 aromatic heterocycles. The van der Waals surface area contributed by atoms with Gasteiger partial charge in [0.25, 0.3) is 0 Å². The van der Waals surface area contributed by atoms with E-state index in [2.05, 4.69) is 38.6 Å². The fourth-order valence-corrected chi connectivity index (χ4v) is 8.90. The Morgan fingerprint density at radius 1 is 0.409 bits per heavy atom. The maximum atomic E-state index is 11.8. The summed E-state index contributed by atoms with van der Waals surface area (Å²) in [6, 6.07) is 0. The van der Waals surface area contributed by atoms with Gasteiger partial charge in [0.2, 0.25) is 0 Å². The van der Waals surface area contributed by atoms with E-state index in [9.17, 15) is 29.4 Å². The van der Waals surface area contributed by atoms with Crippen molar-refractivity contribution >= 4 is 24.1 Å². The minimum atomic E-state index is -1.09. The molecule has 0 radical (unpaired) electrons. The molecule has 0 fully saturated rings. The van der Waals surface area contributed by atoms with Gasteiger partial charge in [0.1, 0.15) is 19.6 Å². The number of amides is 2. The topological polar surface area (TPSA) is 157 Å². The van der Waals surface area contributed by atoms with Crippen LogP contribution in [0.5, 0.6) is 0 Å². The van der Waals surface area contributed by atoms with Gasteiger partial charge in [0, 0.05) is 26.5 Å². The van der Waals surface area contributed by atoms with Gasteiger partial charge in [-0.15, -0.1) is 0 Å². The molecule has 12 heteroatoms. The zero-order valence-corrected chi connectivity index (χ0v) is 44.6. The molecule has 0 rings (SSSR count). The van der Waals surface area contributed by atoms with Crippen molar-refractivity contribution < 1.29 is 47.8 Å². The first-order valence-corrected chi connectivity index (χ1v) is 27.4. The summed E-state index contributed by atoms with van der Waals surface area (Å²) in [5.74, 6) is -2.09. The molecule has 0 saturated carbocycles. The number of carbonyl (C=O) groups excluding carboxylic acids is 4. The highest BCUT2D eigenvalue weighted by Gasteiger charge is 2.26. The molecule has 0 aliphatic rings. The number of hydrogen-bond acceptors (Lipinski definition) is 8. The van der Waals surface area contributed by atoms with Crippen LogP contribution in [0.2, 0.25) is 0 Å². The highest BCUT2D eigenvalue weighted by atomic mass is 16.6. The molecule has 2 unspecified atom stereocenters. The summed E-state index contributed by atoms with van der Waals surface area (Å²) < 4.78 is 11.9. The van der Waals surface area contributed by atoms with Crippen LogP contribution in [0.1, 0.15) is 245 Å². The van der Waals surface area contributed by atoms with Crippen molar-refractivity contribution in [2.45, 2.75) is 257 Å². The fourth-order valence-electron chi connectivity index (χ4n) is 8.90. The number of nitrogens with zero attached hydrogens (tertiary/aromatic N) is 2. The number of carbonyl (C=O) groups is 4. The van der Waals surface area contributed by atoms with Gasteiger partial charge >= 0.3 is 12.2 Å². The third kappa shape index (κ3) is 49.3. The number of carboxylic acid groups (broad SMARTS) is 2. The van der Waals surface area contributed by atoms with Crippen LogP contribution in [0.25, 0.3) is 0 Å². The minimum Gasteiger partial charge on any atom is -0.550 e. The van der Waals surface area contributed by atoms with E-state index in [1.807, 2.05) is 14.1 Å². The van der Waals surface area contributed by atoms with Crippen molar-refractivity contribution in [3.05, 3.63) is 0 Å². The maximum Gasteiger partial charge on any atom is 0.407 e. The lowest BCUT2D eigenvalue weighted by atomic mass is 10.0. The van der Waals surface area contributed by atoms with Crippen molar-refractivity contribution in [2.24, 2.45) is 0 Å². The van der Waals surface area contributed by atoms with Crippen molar-refractivity contribution in [3.63, 3.8) is 0 Å². The lowest BCUT2D eigenvalue weighted by Gasteiger charge is -2.33. The van der Waals surface area contributed by atoms with Crippen LogP contribution in [0.4, 0.5) is 9.59 Å². The average molecular weight is 941 g/mol. The van der Waals surface area contributed by atoms with Crippen molar-refractivity contribution in [1.29, 1.82) is 0 Å². The number of quaternary nitrogens is 2. The smallest absolute Gasteiger partial charge is 0.407 e. The second-order valence-electron chi connectivity index (χ2n) is 20.7. The fraction of sp³-hybridized carbons (Fsp3) is 0.926. The first-order valence-electron chi connectivity index (χ1n) is 27.4. The van der Waals surface area contributed by atoms with Crippen molar-refractivity contribution in [3.8, 4) is 0 Å². The Morgan fingerprint density at radius 3 is 0.939 bits per heavy atom. The average Bonchev–Trinajstić information content (AvgIpc) is 3.25. The van der Waals surface area contributed by atoms with Crippen LogP contribution in [-0.4, -0.2) is 114 Å². The van der Waals surface area contributed by atoms with Crippen LogP contribution < -0.4 is 20.8 Å². The molecule has 0 bridgehead atoms. The van der Waals surface area contributed by atoms with Crippen LogP contribution in [0.15, 0.2) is 0 Å². The van der Waals surface area contributed by atoms with Gasteiger partial charge in [-0.1, -0.05) is 206 Å². The lowest BCUT2D eigenvalue weighted by molar-refractivity contribution is -0.893. The van der Waals surface area contributed by atoms with Gasteiger partial charge in [0.15, 0.2) is 12.2 Å². The molecule has 0 aliphatic heterocycles. The van der Waals surface area contributed by atoms with Crippen LogP contribution in [-0.2, 0) is 19.1 Å². The van der Waals surface area contributed by atoms with Crippen LogP contribution in [0.3, 0.4) is 0 Å². The van der Waals surface area contributed by atoms with E-state index in [0.29, 0.717) is 24.0 Å². The molecule has 2 N–H and O–H groups in total. The summed E-state index contributed by atoms with van der Waals surface area (Å²) in [6.07, 6.45) is 43.6. The third-order valence-electron chi connectivity index (χ3n) is 12.8. The molecule has 2 amide bonds. The molecular weight excluding hydrogens is 833 g/mol. The Bertz CT molecular complexity index is 1140. The Labute approximate surface area is 407 Å². The number of unbranched alkanes of at least 4 members (excludes halogenated alkanes) is 30. The number of alkyl carbamates (subject to hydrolysis) is 2. The van der Waals surface area contributed by atoms with Crippen molar-refractivity contribution in [2.75, 3.05) is 68.5 Å². The van der Waals surface area contributed by atoms with Gasteiger partial charge in [0.05, 0.1) is 40.7 Å². The standard InChI is InChI=1S/C28H56N2O4.C26H52N2O4/c1-5-6-7-8-9-10-11-12-13-14-15-16-17-18-19-20-22-26(34-28(33)29-2)25-30(3,4)24-21-23-27(31)32;1-5-6-7-8-9-10-11-12-13-14-15-16-17-18-19-20-21-24(32-26(31)27-2)22-28(3,4)23-25(29)30/h26H,5-25H2,1-4H3,(H-,29,31,32,33);24H,5-23H2,1-4H3,(H-,27,29,30,31). The van der Waals surface area contributed by atoms with E-state index in [-0.39, 0.29) is 29.7 Å². The lowest BCUT2D eigenvalue weighted by Crippen LogP contribution is -2.52. The quantitative estimate of drug-likeness (QED) is 0.0451. The number of aliphatic carboxylic acids is 2. The van der Waals surface area contributed by atoms with Gasteiger partial charge in [-0.05, 0) is 32.1 Å². The first kappa shape index (κ1) is 65.5. The minimum absolute atomic E-state index is 0.0712. The predicted molar refractivity (Wildman–Crippen MR) is 270 cm³/mol. The highest BCUT2D eigenvalue weighted by Crippen LogP contribution is 2.18. The number of carboxylic acids is 2. The van der Waals surface area contributed by atoms with E-state index in [4.69, 9.17) is 9.47 Å². The summed E-state index contributed by atoms with van der Waals surface area (Å²) in [6.45, 7) is 6.34. The third-order valence-corrected chi connectivity index (χ3v) is 12.8. The van der Waals surface area contributed by atoms with E-state index in [1.165, 1.54) is 193 Å². The molecule has 2 atom stereocenters. The van der Waals surface area contributed by atoms with Gasteiger partial charge in [-0.3, -0.25) is 0 Å². The van der Waals surface area contributed by atoms with E-state index in [0.717, 1.165) is 38.6 Å². The Balaban J connectivity index is 0. The van der Waals surface area contributed by atoms with Gasteiger partial charge in [-0.25, -0.2) is 9.59 Å². The summed E-state index contributed by atoms with van der Waals surface area (Å²) >= 11 is 0. The summed E-state index contributed by atoms with van der Waals surface area (Å²) in [5, 5.41) is 26.6. The number of ether oxygens (including phenoxy) is 2. The predicted octanol–water partition coefficient (Wildman–Crippen LogP) is 11.2. The second kappa shape index (κ2) is 46.1. The summed E-state index contributed by atoms with van der Waals surface area (Å²) in [5.41, 5.74) is 0. The molecule has 0 saturated heterocycles. The molecular formula is C54H108N4O8. The van der Waals surface area contributed by atoms with Gasteiger partial charge < -0.3 is 48.9 Å². The number of hydrogen-bond donors (Lipinski definition) is 2. The molecule has 12 nitrogen and oxygen atoms in total. The number of nitrogens with one attached hydrogen (secondary N) is 2. The van der Waals surface area contributed by atoms with Crippen LogP contribution >= 0.6 is 0 Å². The zero-order valence-electron chi connectivity index (χ0n) is 44.6. The summed E-state index contributed by atoms with van der Waals surface area (Å²) in [7, 11) is 10.9. The Morgan fingerprint density at radius 2 is 0.682 bits per heavy atom. The molecule has 0 aromatic rings. The Hall–Kier alpha value is -2.60. The van der Waals surface area contributed by atoms with Crippen molar-refractivity contribution in [1.82, 2.24) is 10.6 Å². The molecule has 66 heavy (non-hydrogen) atoms. The first-order chi connectivity index (χ1) is 31.6. The normalized spacial score (nSPS) is 12.5. The monoisotopic (exact) mass is 941 g/mol. The number of likely N-dealkylation sites (N-methyl/N-ethyl adjacent to an activating group) is 2. The van der Waals surface area contributed by atoms with E-state index >= 15 is 0 Å². The SMILES string of the molecule is CCCCCCCCCCCCCCCCCCC(C[N+](C)(C)CC(=O)[O-])OC(=O)NC.CCCCCCCCCCCCCCCCCCC(C[N+](C)(C)CCCC(=O)[O-])OC(=O)NC. The molecule has 0 spiro atoms. The molecule has 0 aliphatic carbocycles. The number of rotatable bonds is 46. The molecule has 0 heterocycles. The van der Waals surface area contributed by atoms with E-state index in [1.54, 1.807) is 7.05 Å². The Kier molecular flexibility index (Phi) is 45.8. The van der Waals surface area contributed by atoms with Gasteiger partial charge in [-0.2, -0.15) is 0 Å². The second-order valence-corrected chi connectivity index (χ2v) is 20.7. The zero-order chi connectivity index (χ0) is 49.6. The largest absolute Gasteiger partial charge is 0.550 e. The molecule has 392 valence electrons.